The first-order valence-corrected chi connectivity index (χ1v) is 8.08. The molecule has 2 rings (SSSR count). The number of carbonyl (C=O) groups excluding carboxylic acids is 1. The Balaban J connectivity index is 2.10. The lowest BCUT2D eigenvalue weighted by Gasteiger charge is -2.07. The van der Waals surface area contributed by atoms with Crippen molar-refractivity contribution in [3.8, 4) is 6.07 Å². The molecule has 0 aliphatic carbocycles. The summed E-state index contributed by atoms with van der Waals surface area (Å²) in [4.78, 5) is 15.6. The maximum atomic E-state index is 12.0. The van der Waals surface area contributed by atoms with Crippen LogP contribution in [-0.2, 0) is 15.8 Å². The zero-order chi connectivity index (χ0) is 16.2. The van der Waals surface area contributed by atoms with E-state index >= 15 is 0 Å². The molecule has 0 aliphatic rings. The van der Waals surface area contributed by atoms with Crippen LogP contribution in [-0.4, -0.2) is 19.3 Å². The topological polar surface area (TPSA) is 99.9 Å². The molecule has 0 radical (unpaired) electrons. The summed E-state index contributed by atoms with van der Waals surface area (Å²) >= 11 is 5.65. The fraction of sp³-hybridized carbons (Fsp3) is 0.0714. The van der Waals surface area contributed by atoms with Crippen molar-refractivity contribution in [3.63, 3.8) is 0 Å². The van der Waals surface area contributed by atoms with Gasteiger partial charge in [0, 0.05) is 11.8 Å². The van der Waals surface area contributed by atoms with E-state index in [2.05, 4.69) is 4.98 Å². The number of hydrogen-bond donors (Lipinski definition) is 1. The summed E-state index contributed by atoms with van der Waals surface area (Å²) < 4.78 is 25.9. The van der Waals surface area contributed by atoms with Crippen LogP contribution in [0.3, 0.4) is 0 Å². The van der Waals surface area contributed by atoms with Crippen LogP contribution in [0.5, 0.6) is 0 Å². The van der Waals surface area contributed by atoms with E-state index in [0.717, 1.165) is 0 Å². The van der Waals surface area contributed by atoms with Gasteiger partial charge in [0.25, 0.3) is 5.91 Å². The van der Waals surface area contributed by atoms with Gasteiger partial charge in [-0.1, -0.05) is 23.7 Å². The molecular weight excluding hydrogens is 326 g/mol. The minimum absolute atomic E-state index is 0.0946. The van der Waals surface area contributed by atoms with Crippen LogP contribution < -0.4 is 4.72 Å². The molecule has 0 atom stereocenters. The van der Waals surface area contributed by atoms with Crippen LogP contribution in [0, 0.1) is 11.3 Å². The number of halogens is 1. The minimum atomic E-state index is -3.86. The molecule has 0 unspecified atom stereocenters. The molecule has 112 valence electrons. The molecule has 22 heavy (non-hydrogen) atoms. The van der Waals surface area contributed by atoms with E-state index in [9.17, 15) is 13.2 Å². The van der Waals surface area contributed by atoms with Crippen molar-refractivity contribution in [3.05, 3.63) is 64.4 Å². The fourth-order valence-electron chi connectivity index (χ4n) is 1.67. The van der Waals surface area contributed by atoms with Gasteiger partial charge in [-0.25, -0.2) is 18.1 Å². The normalized spacial score (nSPS) is 10.7. The number of benzene rings is 1. The van der Waals surface area contributed by atoms with Gasteiger partial charge in [-0.15, -0.1) is 0 Å². The molecule has 0 spiro atoms. The maximum Gasteiger partial charge on any atom is 0.264 e. The number of sulfonamides is 1. The van der Waals surface area contributed by atoms with Crippen LogP contribution >= 0.6 is 11.6 Å². The number of nitrogens with one attached hydrogen (secondary N) is 1. The summed E-state index contributed by atoms with van der Waals surface area (Å²) in [5.74, 6) is -1.15. The Hall–Kier alpha value is -2.43. The van der Waals surface area contributed by atoms with Crippen molar-refractivity contribution in [1.82, 2.24) is 9.71 Å². The van der Waals surface area contributed by atoms with Crippen LogP contribution in [0.25, 0.3) is 0 Å². The molecule has 1 aromatic heterocycles. The van der Waals surface area contributed by atoms with Crippen molar-refractivity contribution >= 4 is 27.5 Å². The SMILES string of the molecule is N#Cc1ccc(CS(=O)(=O)NC(=O)c2ccnc(Cl)c2)cc1. The molecule has 6 nitrogen and oxygen atoms in total. The summed E-state index contributed by atoms with van der Waals surface area (Å²) in [5.41, 5.74) is 0.993. The molecule has 0 fully saturated rings. The average Bonchev–Trinajstić information content (AvgIpc) is 2.47. The van der Waals surface area contributed by atoms with E-state index in [4.69, 9.17) is 16.9 Å². The first-order valence-electron chi connectivity index (χ1n) is 6.05. The van der Waals surface area contributed by atoms with E-state index < -0.39 is 15.9 Å². The van der Waals surface area contributed by atoms with Gasteiger partial charge in [0.1, 0.15) is 5.15 Å². The zero-order valence-electron chi connectivity index (χ0n) is 11.2. The summed E-state index contributed by atoms with van der Waals surface area (Å²) in [6, 6.07) is 10.6. The van der Waals surface area contributed by atoms with E-state index in [1.165, 1.54) is 42.6 Å². The Kier molecular flexibility index (Phi) is 4.75. The Bertz CT molecular complexity index is 842. The third kappa shape index (κ3) is 4.28. The number of nitrogens with zero attached hydrogens (tertiary/aromatic N) is 2. The van der Waals surface area contributed by atoms with Gasteiger partial charge in [-0.3, -0.25) is 4.79 Å². The summed E-state index contributed by atoms with van der Waals surface area (Å²) in [7, 11) is -3.86. The number of amides is 1. The molecule has 0 aliphatic heterocycles. The molecule has 1 aromatic carbocycles. The van der Waals surface area contributed by atoms with Crippen LogP contribution in [0.15, 0.2) is 42.6 Å². The predicted octanol–water partition coefficient (Wildman–Crippen LogP) is 1.87. The predicted molar refractivity (Wildman–Crippen MR) is 80.5 cm³/mol. The highest BCUT2D eigenvalue weighted by Crippen LogP contribution is 2.10. The van der Waals surface area contributed by atoms with Crippen molar-refractivity contribution in [2.45, 2.75) is 5.75 Å². The van der Waals surface area contributed by atoms with E-state index in [-0.39, 0.29) is 16.5 Å². The standard InChI is InChI=1S/C14H10ClN3O3S/c15-13-7-12(5-6-17-13)14(19)18-22(20,21)9-11-3-1-10(8-16)2-4-11/h1-7H,9H2,(H,18,19). The Morgan fingerprint density at radius 1 is 1.27 bits per heavy atom. The maximum absolute atomic E-state index is 12.0. The van der Waals surface area contributed by atoms with E-state index in [1.807, 2.05) is 10.8 Å². The Morgan fingerprint density at radius 2 is 1.95 bits per heavy atom. The van der Waals surface area contributed by atoms with Crippen LogP contribution in [0.4, 0.5) is 0 Å². The second-order valence-electron chi connectivity index (χ2n) is 4.37. The summed E-state index contributed by atoms with van der Waals surface area (Å²) in [6.45, 7) is 0. The lowest BCUT2D eigenvalue weighted by Crippen LogP contribution is -2.31. The van der Waals surface area contributed by atoms with E-state index in [1.54, 1.807) is 0 Å². The van der Waals surface area contributed by atoms with Gasteiger partial charge < -0.3 is 0 Å². The molecular formula is C14H10ClN3O3S. The van der Waals surface area contributed by atoms with Gasteiger partial charge in [-0.05, 0) is 29.8 Å². The lowest BCUT2D eigenvalue weighted by atomic mass is 10.2. The molecule has 1 N–H and O–H groups in total. The van der Waals surface area contributed by atoms with Crippen molar-refractivity contribution in [2.75, 3.05) is 0 Å². The number of hydrogen-bond acceptors (Lipinski definition) is 5. The number of nitriles is 1. The number of aromatic nitrogens is 1. The van der Waals surface area contributed by atoms with Crippen molar-refractivity contribution < 1.29 is 13.2 Å². The van der Waals surface area contributed by atoms with Gasteiger partial charge in [-0.2, -0.15) is 5.26 Å². The third-order valence-corrected chi connectivity index (χ3v) is 4.09. The Morgan fingerprint density at radius 3 is 2.55 bits per heavy atom. The highest BCUT2D eigenvalue weighted by Gasteiger charge is 2.17. The number of carbonyl (C=O) groups is 1. The molecule has 0 saturated heterocycles. The van der Waals surface area contributed by atoms with Gasteiger partial charge in [0.05, 0.1) is 17.4 Å². The monoisotopic (exact) mass is 335 g/mol. The molecule has 0 bridgehead atoms. The van der Waals surface area contributed by atoms with Gasteiger partial charge in [0.2, 0.25) is 10.0 Å². The van der Waals surface area contributed by atoms with E-state index in [0.29, 0.717) is 11.1 Å². The number of pyridine rings is 1. The molecule has 1 amide bonds. The highest BCUT2D eigenvalue weighted by atomic mass is 35.5. The van der Waals surface area contributed by atoms with Crippen molar-refractivity contribution in [2.24, 2.45) is 0 Å². The highest BCUT2D eigenvalue weighted by molar-refractivity contribution is 7.89. The van der Waals surface area contributed by atoms with Crippen LogP contribution in [0.1, 0.15) is 21.5 Å². The molecule has 2 aromatic rings. The molecule has 1 heterocycles. The van der Waals surface area contributed by atoms with Gasteiger partial charge in [0.15, 0.2) is 0 Å². The van der Waals surface area contributed by atoms with Gasteiger partial charge >= 0.3 is 0 Å². The molecule has 8 heteroatoms. The van der Waals surface area contributed by atoms with Crippen molar-refractivity contribution in [1.29, 1.82) is 5.26 Å². The Labute approximate surface area is 132 Å². The smallest absolute Gasteiger partial charge is 0.264 e. The second kappa shape index (κ2) is 6.56. The quantitative estimate of drug-likeness (QED) is 0.860. The fourth-order valence-corrected chi connectivity index (χ4v) is 2.95. The summed E-state index contributed by atoms with van der Waals surface area (Å²) in [6.07, 6.45) is 1.31. The largest absolute Gasteiger partial charge is 0.268 e. The number of rotatable bonds is 4. The summed E-state index contributed by atoms with van der Waals surface area (Å²) in [5, 5.41) is 8.78. The first-order chi connectivity index (χ1) is 10.4. The zero-order valence-corrected chi connectivity index (χ0v) is 12.7. The third-order valence-electron chi connectivity index (χ3n) is 2.68. The average molecular weight is 336 g/mol. The first kappa shape index (κ1) is 15.9. The molecule has 0 saturated carbocycles. The minimum Gasteiger partial charge on any atom is -0.268 e. The van der Waals surface area contributed by atoms with Crippen LogP contribution in [0.2, 0.25) is 5.15 Å². The lowest BCUT2D eigenvalue weighted by molar-refractivity contribution is 0.0981. The second-order valence-corrected chi connectivity index (χ2v) is 6.48.